The molecule has 0 aliphatic carbocycles. The van der Waals surface area contributed by atoms with Gasteiger partial charge in [0.15, 0.2) is 9.84 Å². The summed E-state index contributed by atoms with van der Waals surface area (Å²) < 4.78 is 63.6. The zero-order valence-corrected chi connectivity index (χ0v) is 14.0. The van der Waals surface area contributed by atoms with Gasteiger partial charge in [0.2, 0.25) is 0 Å². The fourth-order valence-corrected chi connectivity index (χ4v) is 5.48. The first-order chi connectivity index (χ1) is 11.3. The zero-order chi connectivity index (χ0) is 17.4. The molecule has 8 heteroatoms. The number of benzene rings is 2. The van der Waals surface area contributed by atoms with Gasteiger partial charge in [0.25, 0.3) is 10.0 Å². The van der Waals surface area contributed by atoms with Crippen LogP contribution in [0.1, 0.15) is 0 Å². The minimum atomic E-state index is -4.05. The highest BCUT2D eigenvalue weighted by Crippen LogP contribution is 2.29. The molecule has 2 aromatic carbocycles. The fourth-order valence-electron chi connectivity index (χ4n) is 2.51. The van der Waals surface area contributed by atoms with Crippen molar-refractivity contribution < 1.29 is 21.2 Å². The smallest absolute Gasteiger partial charge is 0.258 e. The summed E-state index contributed by atoms with van der Waals surface area (Å²) in [6.45, 7) is 0. The van der Waals surface area contributed by atoms with Crippen molar-refractivity contribution in [3.05, 3.63) is 71.9 Å². The first kappa shape index (κ1) is 16.7. The van der Waals surface area contributed by atoms with E-state index in [9.17, 15) is 21.2 Å². The minimum absolute atomic E-state index is 0.106. The van der Waals surface area contributed by atoms with Crippen LogP contribution in [0.15, 0.2) is 71.0 Å². The van der Waals surface area contributed by atoms with E-state index >= 15 is 0 Å². The molecule has 0 spiro atoms. The number of sulfone groups is 1. The largest absolute Gasteiger partial charge is 0.264 e. The molecule has 0 bridgehead atoms. The minimum Gasteiger partial charge on any atom is -0.258 e. The number of hydrogen-bond donors (Lipinski definition) is 0. The first-order valence-electron chi connectivity index (χ1n) is 7.06. The lowest BCUT2D eigenvalue weighted by molar-refractivity contribution is 0.585. The zero-order valence-electron chi connectivity index (χ0n) is 12.4. The van der Waals surface area contributed by atoms with Crippen molar-refractivity contribution in [2.75, 3.05) is 10.1 Å². The fraction of sp³-hybridized carbons (Fsp3) is 0.125. The Morgan fingerprint density at radius 1 is 1.00 bits per heavy atom. The molecule has 0 amide bonds. The van der Waals surface area contributed by atoms with Gasteiger partial charge in [-0.15, -0.1) is 0 Å². The Kier molecular flexibility index (Phi) is 4.18. The highest BCUT2D eigenvalue weighted by molar-refractivity contribution is 7.95. The van der Waals surface area contributed by atoms with Crippen LogP contribution in [0.5, 0.6) is 0 Å². The number of nitrogens with zero attached hydrogens (tertiary/aromatic N) is 1. The third-order valence-corrected chi connectivity index (χ3v) is 6.84. The molecule has 0 saturated heterocycles. The highest BCUT2D eigenvalue weighted by Gasteiger charge is 2.35. The van der Waals surface area contributed by atoms with Gasteiger partial charge in [0.1, 0.15) is 5.82 Å². The third kappa shape index (κ3) is 3.20. The molecule has 0 aromatic heterocycles. The molecule has 24 heavy (non-hydrogen) atoms. The number of sulfonamides is 1. The van der Waals surface area contributed by atoms with Gasteiger partial charge in [-0.05, 0) is 42.5 Å². The molecule has 0 N–H and O–H groups in total. The van der Waals surface area contributed by atoms with Crippen molar-refractivity contribution in [1.29, 1.82) is 0 Å². The number of halogens is 1. The Balaban J connectivity index is 2.11. The summed E-state index contributed by atoms with van der Waals surface area (Å²) in [5, 5.41) is 1.02. The second-order valence-electron chi connectivity index (χ2n) is 5.32. The molecule has 0 radical (unpaired) electrons. The molecule has 0 saturated carbocycles. The van der Waals surface area contributed by atoms with Crippen LogP contribution in [0.25, 0.3) is 0 Å². The number of rotatable bonds is 4. The van der Waals surface area contributed by atoms with E-state index in [1.165, 1.54) is 6.08 Å². The maximum absolute atomic E-state index is 13.1. The molecule has 1 aliphatic heterocycles. The van der Waals surface area contributed by atoms with Crippen molar-refractivity contribution in [3.8, 4) is 0 Å². The van der Waals surface area contributed by atoms with E-state index in [1.807, 2.05) is 0 Å². The van der Waals surface area contributed by atoms with Gasteiger partial charge in [-0.1, -0.05) is 18.2 Å². The second-order valence-corrected chi connectivity index (χ2v) is 9.06. The predicted molar refractivity (Wildman–Crippen MR) is 89.2 cm³/mol. The summed E-state index contributed by atoms with van der Waals surface area (Å²) in [4.78, 5) is -0.106. The van der Waals surface area contributed by atoms with Crippen LogP contribution in [0, 0.1) is 5.82 Å². The van der Waals surface area contributed by atoms with E-state index in [2.05, 4.69) is 0 Å². The summed E-state index contributed by atoms with van der Waals surface area (Å²) in [6, 6.07) is 11.8. The van der Waals surface area contributed by atoms with Crippen LogP contribution in [-0.2, 0) is 19.9 Å². The van der Waals surface area contributed by atoms with Crippen molar-refractivity contribution in [2.24, 2.45) is 0 Å². The Bertz CT molecular complexity index is 968. The predicted octanol–water partition coefficient (Wildman–Crippen LogP) is 2.33. The van der Waals surface area contributed by atoms with Gasteiger partial charge in [-0.3, -0.25) is 4.31 Å². The standard InChI is InChI=1S/C16H14FNO4S2/c17-13-6-8-16(9-7-13)24(21,22)18(14-4-2-1-3-5-14)15-10-11-23(19,20)12-15/h1-11,15H,12H2/t15-/m0/s1. The van der Waals surface area contributed by atoms with Crippen LogP contribution in [0.4, 0.5) is 10.1 Å². The van der Waals surface area contributed by atoms with Crippen LogP contribution in [-0.4, -0.2) is 28.6 Å². The van der Waals surface area contributed by atoms with Crippen molar-refractivity contribution in [1.82, 2.24) is 0 Å². The van der Waals surface area contributed by atoms with Gasteiger partial charge in [0, 0.05) is 5.41 Å². The van der Waals surface area contributed by atoms with E-state index < -0.39 is 31.7 Å². The Labute approximate surface area is 140 Å². The van der Waals surface area contributed by atoms with Crippen LogP contribution >= 0.6 is 0 Å². The van der Waals surface area contributed by atoms with Gasteiger partial charge in [-0.25, -0.2) is 21.2 Å². The van der Waals surface area contributed by atoms with E-state index in [4.69, 9.17) is 0 Å². The Hall–Kier alpha value is -2.19. The molecule has 1 atom stereocenters. The SMILES string of the molecule is O=S1(=O)C=C[C@H](N(c2ccccc2)S(=O)(=O)c2ccc(F)cc2)C1. The number of hydrogen-bond acceptors (Lipinski definition) is 4. The van der Waals surface area contributed by atoms with Gasteiger partial charge in [0.05, 0.1) is 22.4 Å². The van der Waals surface area contributed by atoms with Crippen LogP contribution < -0.4 is 4.31 Å². The molecule has 1 heterocycles. The average Bonchev–Trinajstić information content (AvgIpc) is 2.88. The maximum Gasteiger partial charge on any atom is 0.264 e. The monoisotopic (exact) mass is 367 g/mol. The quantitative estimate of drug-likeness (QED) is 0.832. The van der Waals surface area contributed by atoms with Gasteiger partial charge < -0.3 is 0 Å². The van der Waals surface area contributed by atoms with Crippen LogP contribution in [0.2, 0.25) is 0 Å². The summed E-state index contributed by atoms with van der Waals surface area (Å²) >= 11 is 0. The van der Waals surface area contributed by atoms with Gasteiger partial charge >= 0.3 is 0 Å². The Morgan fingerprint density at radius 2 is 1.62 bits per heavy atom. The van der Waals surface area contributed by atoms with E-state index in [1.54, 1.807) is 30.3 Å². The molecule has 126 valence electrons. The summed E-state index contributed by atoms with van der Waals surface area (Å²) in [6.07, 6.45) is 1.35. The topological polar surface area (TPSA) is 71.5 Å². The lowest BCUT2D eigenvalue weighted by atomic mass is 10.2. The molecular weight excluding hydrogens is 353 g/mol. The summed E-state index contributed by atoms with van der Waals surface area (Å²) in [7, 11) is -7.50. The molecular formula is C16H14FNO4S2. The maximum atomic E-state index is 13.1. The van der Waals surface area contributed by atoms with Crippen molar-refractivity contribution in [2.45, 2.75) is 10.9 Å². The second kappa shape index (κ2) is 6.03. The van der Waals surface area contributed by atoms with Gasteiger partial charge in [-0.2, -0.15) is 0 Å². The average molecular weight is 367 g/mol. The highest BCUT2D eigenvalue weighted by atomic mass is 32.2. The lowest BCUT2D eigenvalue weighted by Gasteiger charge is -2.29. The molecule has 3 rings (SSSR count). The van der Waals surface area contributed by atoms with E-state index in [0.717, 1.165) is 34.0 Å². The van der Waals surface area contributed by atoms with Crippen molar-refractivity contribution >= 4 is 25.5 Å². The molecule has 2 aromatic rings. The molecule has 0 unspecified atom stereocenters. The molecule has 5 nitrogen and oxygen atoms in total. The third-order valence-electron chi connectivity index (χ3n) is 3.59. The number of anilines is 1. The lowest BCUT2D eigenvalue weighted by Crippen LogP contribution is -2.41. The van der Waals surface area contributed by atoms with Crippen LogP contribution in [0.3, 0.4) is 0 Å². The summed E-state index contributed by atoms with van der Waals surface area (Å²) in [5.74, 6) is -0.883. The van der Waals surface area contributed by atoms with Crippen molar-refractivity contribution in [3.63, 3.8) is 0 Å². The van der Waals surface area contributed by atoms with E-state index in [0.29, 0.717) is 5.69 Å². The summed E-state index contributed by atoms with van der Waals surface area (Å²) in [5.41, 5.74) is 0.341. The number of para-hydroxylation sites is 1. The first-order valence-corrected chi connectivity index (χ1v) is 10.2. The molecule has 1 aliphatic rings. The normalized spacial score (nSPS) is 19.3. The van der Waals surface area contributed by atoms with E-state index in [-0.39, 0.29) is 10.6 Å². The molecule has 0 fully saturated rings. The Morgan fingerprint density at radius 3 is 2.17 bits per heavy atom.